The lowest BCUT2D eigenvalue weighted by Gasteiger charge is -2.30. The number of anilines is 1. The van der Waals surface area contributed by atoms with Crippen molar-refractivity contribution in [2.45, 2.75) is 57.6 Å². The number of pyridine rings is 1. The van der Waals surface area contributed by atoms with Gasteiger partial charge in [0, 0.05) is 24.8 Å². The Morgan fingerprint density at radius 2 is 1.94 bits per heavy atom. The van der Waals surface area contributed by atoms with Crippen LogP contribution in [-0.2, 0) is 0 Å². The third-order valence-electron chi connectivity index (χ3n) is 3.97. The molecule has 0 aromatic carbocycles. The van der Waals surface area contributed by atoms with Gasteiger partial charge < -0.3 is 10.0 Å². The first kappa shape index (κ1) is 13.3. The SMILES string of the molecule is C[C@@H](O)c1cccnc1N(C)C1CCCCCC1. The van der Waals surface area contributed by atoms with E-state index in [0.29, 0.717) is 6.04 Å². The fourth-order valence-corrected chi connectivity index (χ4v) is 2.85. The lowest BCUT2D eigenvalue weighted by atomic mass is 10.1. The molecular formula is C15H24N2O. The molecule has 1 aromatic heterocycles. The van der Waals surface area contributed by atoms with E-state index in [1.807, 2.05) is 18.3 Å². The predicted molar refractivity (Wildman–Crippen MR) is 74.8 cm³/mol. The van der Waals surface area contributed by atoms with Crippen molar-refractivity contribution in [1.82, 2.24) is 4.98 Å². The second-order valence-electron chi connectivity index (χ2n) is 5.35. The highest BCUT2D eigenvalue weighted by molar-refractivity contribution is 5.48. The topological polar surface area (TPSA) is 36.4 Å². The Morgan fingerprint density at radius 1 is 1.28 bits per heavy atom. The molecule has 1 aromatic rings. The van der Waals surface area contributed by atoms with E-state index in [2.05, 4.69) is 16.9 Å². The molecule has 3 nitrogen and oxygen atoms in total. The van der Waals surface area contributed by atoms with Gasteiger partial charge in [-0.25, -0.2) is 4.98 Å². The van der Waals surface area contributed by atoms with Crippen LogP contribution in [0.3, 0.4) is 0 Å². The maximum Gasteiger partial charge on any atom is 0.134 e. The first-order chi connectivity index (χ1) is 8.70. The molecule has 1 heterocycles. The van der Waals surface area contributed by atoms with Crippen molar-refractivity contribution in [3.8, 4) is 0 Å². The van der Waals surface area contributed by atoms with Crippen LogP contribution >= 0.6 is 0 Å². The van der Waals surface area contributed by atoms with E-state index >= 15 is 0 Å². The van der Waals surface area contributed by atoms with Crippen LogP contribution in [0.4, 0.5) is 5.82 Å². The zero-order valence-electron chi connectivity index (χ0n) is 11.5. The van der Waals surface area contributed by atoms with E-state index in [1.54, 1.807) is 6.92 Å². The molecular weight excluding hydrogens is 224 g/mol. The number of rotatable bonds is 3. The number of nitrogens with zero attached hydrogens (tertiary/aromatic N) is 2. The van der Waals surface area contributed by atoms with E-state index in [4.69, 9.17) is 0 Å². The number of aromatic nitrogens is 1. The highest BCUT2D eigenvalue weighted by Crippen LogP contribution is 2.28. The minimum atomic E-state index is -0.457. The molecule has 1 fully saturated rings. The minimum Gasteiger partial charge on any atom is -0.389 e. The fraction of sp³-hybridized carbons (Fsp3) is 0.667. The zero-order chi connectivity index (χ0) is 13.0. The normalized spacial score (nSPS) is 19.3. The molecule has 0 amide bonds. The Kier molecular flexibility index (Phi) is 4.59. The van der Waals surface area contributed by atoms with Crippen LogP contribution in [0, 0.1) is 0 Å². The van der Waals surface area contributed by atoms with Crippen molar-refractivity contribution < 1.29 is 5.11 Å². The van der Waals surface area contributed by atoms with E-state index < -0.39 is 6.10 Å². The largest absolute Gasteiger partial charge is 0.389 e. The smallest absolute Gasteiger partial charge is 0.134 e. The van der Waals surface area contributed by atoms with Gasteiger partial charge in [0.15, 0.2) is 0 Å². The molecule has 1 aliphatic rings. The first-order valence-electron chi connectivity index (χ1n) is 7.06. The second-order valence-corrected chi connectivity index (χ2v) is 5.35. The van der Waals surface area contributed by atoms with Crippen LogP contribution in [0.25, 0.3) is 0 Å². The molecule has 1 N–H and O–H groups in total. The van der Waals surface area contributed by atoms with Crippen molar-refractivity contribution in [2.24, 2.45) is 0 Å². The molecule has 1 saturated carbocycles. The highest BCUT2D eigenvalue weighted by Gasteiger charge is 2.21. The molecule has 2 rings (SSSR count). The molecule has 1 atom stereocenters. The van der Waals surface area contributed by atoms with Crippen LogP contribution in [0.2, 0.25) is 0 Å². The summed E-state index contributed by atoms with van der Waals surface area (Å²) < 4.78 is 0. The molecule has 1 aliphatic carbocycles. The van der Waals surface area contributed by atoms with Crippen molar-refractivity contribution in [2.75, 3.05) is 11.9 Å². The Labute approximate surface area is 110 Å². The second kappa shape index (κ2) is 6.19. The van der Waals surface area contributed by atoms with Crippen molar-refractivity contribution in [1.29, 1.82) is 0 Å². The lowest BCUT2D eigenvalue weighted by Crippen LogP contribution is -2.32. The quantitative estimate of drug-likeness (QED) is 0.834. The Morgan fingerprint density at radius 3 is 2.56 bits per heavy atom. The van der Waals surface area contributed by atoms with E-state index in [0.717, 1.165) is 11.4 Å². The molecule has 0 unspecified atom stereocenters. The van der Waals surface area contributed by atoms with Crippen LogP contribution < -0.4 is 4.90 Å². The van der Waals surface area contributed by atoms with Crippen LogP contribution in [-0.4, -0.2) is 23.2 Å². The van der Waals surface area contributed by atoms with Crippen molar-refractivity contribution in [3.63, 3.8) is 0 Å². The van der Waals surface area contributed by atoms with E-state index in [9.17, 15) is 5.11 Å². The molecule has 0 aliphatic heterocycles. The third kappa shape index (κ3) is 3.02. The van der Waals surface area contributed by atoms with Crippen LogP contribution in [0.1, 0.15) is 57.1 Å². The minimum absolute atomic E-state index is 0.457. The van der Waals surface area contributed by atoms with Crippen LogP contribution in [0.15, 0.2) is 18.3 Å². The van der Waals surface area contributed by atoms with E-state index in [-0.39, 0.29) is 0 Å². The summed E-state index contributed by atoms with van der Waals surface area (Å²) in [6, 6.07) is 4.44. The van der Waals surface area contributed by atoms with Crippen LogP contribution in [0.5, 0.6) is 0 Å². The van der Waals surface area contributed by atoms with Gasteiger partial charge in [0.25, 0.3) is 0 Å². The maximum atomic E-state index is 9.84. The highest BCUT2D eigenvalue weighted by atomic mass is 16.3. The van der Waals surface area contributed by atoms with Gasteiger partial charge in [-0.1, -0.05) is 31.7 Å². The third-order valence-corrected chi connectivity index (χ3v) is 3.97. The number of hydrogen-bond acceptors (Lipinski definition) is 3. The summed E-state index contributed by atoms with van der Waals surface area (Å²) in [5.74, 6) is 0.944. The van der Waals surface area contributed by atoms with Gasteiger partial charge in [-0.2, -0.15) is 0 Å². The average Bonchev–Trinajstić information content (AvgIpc) is 2.66. The molecule has 0 spiro atoms. The molecule has 0 saturated heterocycles. The predicted octanol–water partition coefficient (Wildman–Crippen LogP) is 3.29. The lowest BCUT2D eigenvalue weighted by molar-refractivity contribution is 0.199. The van der Waals surface area contributed by atoms with Gasteiger partial charge in [0.1, 0.15) is 5.82 Å². The Balaban J connectivity index is 2.19. The van der Waals surface area contributed by atoms with Crippen molar-refractivity contribution >= 4 is 5.82 Å². The summed E-state index contributed by atoms with van der Waals surface area (Å²) in [5.41, 5.74) is 0.934. The summed E-state index contributed by atoms with van der Waals surface area (Å²) in [7, 11) is 2.12. The summed E-state index contributed by atoms with van der Waals surface area (Å²) in [6.07, 6.45) is 9.18. The molecule has 18 heavy (non-hydrogen) atoms. The number of hydrogen-bond donors (Lipinski definition) is 1. The summed E-state index contributed by atoms with van der Waals surface area (Å²) in [5, 5.41) is 9.84. The van der Waals surface area contributed by atoms with Gasteiger partial charge in [0.2, 0.25) is 0 Å². The van der Waals surface area contributed by atoms with Gasteiger partial charge in [0.05, 0.1) is 6.10 Å². The molecule has 0 bridgehead atoms. The van der Waals surface area contributed by atoms with Crippen molar-refractivity contribution in [3.05, 3.63) is 23.9 Å². The molecule has 3 heteroatoms. The Bertz CT molecular complexity index is 371. The first-order valence-corrected chi connectivity index (χ1v) is 7.06. The fourth-order valence-electron chi connectivity index (χ4n) is 2.85. The standard InChI is InChI=1S/C15H24N2O/c1-12(18)14-10-7-11-16-15(14)17(2)13-8-5-3-4-6-9-13/h7,10-13,18H,3-6,8-9H2,1-2H3/t12-/m1/s1. The monoisotopic (exact) mass is 248 g/mol. The van der Waals surface area contributed by atoms with Gasteiger partial charge in [-0.05, 0) is 25.8 Å². The van der Waals surface area contributed by atoms with E-state index in [1.165, 1.54) is 38.5 Å². The summed E-state index contributed by atoms with van der Waals surface area (Å²) >= 11 is 0. The van der Waals surface area contributed by atoms with Gasteiger partial charge >= 0.3 is 0 Å². The van der Waals surface area contributed by atoms with Gasteiger partial charge in [-0.15, -0.1) is 0 Å². The summed E-state index contributed by atoms with van der Waals surface area (Å²) in [6.45, 7) is 1.81. The summed E-state index contributed by atoms with van der Waals surface area (Å²) in [4.78, 5) is 6.74. The molecule has 0 radical (unpaired) electrons. The Hall–Kier alpha value is -1.09. The average molecular weight is 248 g/mol. The number of aliphatic hydroxyl groups excluding tert-OH is 1. The van der Waals surface area contributed by atoms with Gasteiger partial charge in [-0.3, -0.25) is 0 Å². The maximum absolute atomic E-state index is 9.84. The molecule has 100 valence electrons. The number of aliphatic hydroxyl groups is 1. The zero-order valence-corrected chi connectivity index (χ0v) is 11.5.